The molecule has 1 aliphatic heterocycles. The van der Waals surface area contributed by atoms with Crippen LogP contribution in [0.15, 0.2) is 115 Å². The number of likely N-dealkylation sites (tertiary alicyclic amines) is 1. The molecule has 6 rings (SSSR count). The molecule has 53 heavy (non-hydrogen) atoms. The van der Waals surface area contributed by atoms with E-state index >= 15 is 4.39 Å². The number of halogens is 1. The summed E-state index contributed by atoms with van der Waals surface area (Å²) in [5.74, 6) is -1.62. The lowest BCUT2D eigenvalue weighted by molar-refractivity contribution is -0.140. The van der Waals surface area contributed by atoms with Gasteiger partial charge >= 0.3 is 6.09 Å². The highest BCUT2D eigenvalue weighted by Crippen LogP contribution is 2.54. The summed E-state index contributed by atoms with van der Waals surface area (Å²) in [6.45, 7) is 5.26. The number of amides is 3. The molecule has 1 fully saturated rings. The van der Waals surface area contributed by atoms with Gasteiger partial charge in [-0.3, -0.25) is 9.59 Å². The van der Waals surface area contributed by atoms with E-state index in [9.17, 15) is 24.6 Å². The lowest BCUT2D eigenvalue weighted by atomic mass is 9.84. The first-order valence-corrected chi connectivity index (χ1v) is 18.9. The van der Waals surface area contributed by atoms with E-state index in [-0.39, 0.29) is 19.5 Å². The summed E-state index contributed by atoms with van der Waals surface area (Å²) < 4.78 is 13.1. The van der Waals surface area contributed by atoms with E-state index in [4.69, 9.17) is 0 Å². The second-order valence-electron chi connectivity index (χ2n) is 13.6. The molecule has 9 nitrogen and oxygen atoms in total. The Bertz CT molecular complexity index is 1970. The first kappa shape index (κ1) is 37.7. The number of aliphatic hydroxyl groups is 1. The van der Waals surface area contributed by atoms with Gasteiger partial charge in [-0.25, -0.2) is 14.2 Å². The third-order valence-corrected chi connectivity index (χ3v) is 12.3. The fourth-order valence-corrected chi connectivity index (χ4v) is 9.66. The largest absolute Gasteiger partial charge is 0.465 e. The van der Waals surface area contributed by atoms with Gasteiger partial charge in [0.2, 0.25) is 11.8 Å². The normalized spacial score (nSPS) is 16.6. The van der Waals surface area contributed by atoms with Crippen LogP contribution >= 0.6 is 23.1 Å². The van der Waals surface area contributed by atoms with Gasteiger partial charge in [0, 0.05) is 29.8 Å². The van der Waals surface area contributed by atoms with Crippen molar-refractivity contribution >= 4 is 41.0 Å². The molecule has 4 N–H and O–H groups in total. The van der Waals surface area contributed by atoms with Crippen LogP contribution in [0.1, 0.15) is 48.2 Å². The van der Waals surface area contributed by atoms with Crippen molar-refractivity contribution in [1.29, 1.82) is 0 Å². The Labute approximate surface area is 316 Å². The van der Waals surface area contributed by atoms with Gasteiger partial charge in [-0.1, -0.05) is 103 Å². The molecule has 274 valence electrons. The summed E-state index contributed by atoms with van der Waals surface area (Å²) in [6.07, 6.45) is -2.45. The van der Waals surface area contributed by atoms with Crippen LogP contribution in [0.3, 0.4) is 0 Å². The Hall–Kier alpha value is -5.04. The summed E-state index contributed by atoms with van der Waals surface area (Å²) in [6, 6.07) is 31.9. The maximum Gasteiger partial charge on any atom is 0.405 e. The number of β-amino-alcohol motifs (C(OH)–C–C–N with tert-alkyl or cyclic N) is 1. The van der Waals surface area contributed by atoms with Gasteiger partial charge in [0.1, 0.15) is 17.9 Å². The zero-order valence-electron chi connectivity index (χ0n) is 29.5. The lowest BCUT2D eigenvalue weighted by Gasteiger charge is -2.44. The number of thiazole rings is 1. The van der Waals surface area contributed by atoms with Gasteiger partial charge in [0.05, 0.1) is 26.9 Å². The van der Waals surface area contributed by atoms with Crippen LogP contribution in [0.5, 0.6) is 0 Å². The molecule has 5 aromatic rings. The maximum atomic E-state index is 15.1. The van der Waals surface area contributed by atoms with E-state index in [0.29, 0.717) is 11.1 Å². The first-order chi connectivity index (χ1) is 25.4. The van der Waals surface area contributed by atoms with Gasteiger partial charge in [0.15, 0.2) is 0 Å². The van der Waals surface area contributed by atoms with Crippen LogP contribution < -0.4 is 10.6 Å². The minimum atomic E-state index is -1.40. The quantitative estimate of drug-likeness (QED) is 0.101. The Morgan fingerprint density at radius 3 is 2.00 bits per heavy atom. The third-order valence-electron chi connectivity index (χ3n) is 9.52. The topological polar surface area (TPSA) is 132 Å². The lowest BCUT2D eigenvalue weighted by Crippen LogP contribution is -2.60. The smallest absolute Gasteiger partial charge is 0.405 e. The monoisotopic (exact) mass is 752 g/mol. The van der Waals surface area contributed by atoms with Gasteiger partial charge < -0.3 is 25.7 Å². The molecule has 0 spiro atoms. The zero-order chi connectivity index (χ0) is 37.8. The SMILES string of the molecule is Cc1ncsc1-c1ccc(CNC(=O)[C@@H]2C[C@@H](O)CN2C(=O)[C@@H](NC(=O)O)C(C)(C)SC(c2ccccc2)(c2ccccc2)c2ccccc2)cc1F. The van der Waals surface area contributed by atoms with Crippen LogP contribution in [-0.4, -0.2) is 67.5 Å². The van der Waals surface area contributed by atoms with Crippen molar-refractivity contribution in [2.24, 2.45) is 0 Å². The number of carbonyl (C=O) groups excluding carboxylic acids is 2. The molecular formula is C41H41FN4O5S2. The Balaban J connectivity index is 1.29. The van der Waals surface area contributed by atoms with Gasteiger partial charge in [0.25, 0.3) is 0 Å². The number of aromatic nitrogens is 1. The number of thioether (sulfide) groups is 1. The van der Waals surface area contributed by atoms with Crippen molar-refractivity contribution in [3.8, 4) is 10.4 Å². The second-order valence-corrected chi connectivity index (χ2v) is 16.3. The number of nitrogens with one attached hydrogen (secondary N) is 2. The van der Waals surface area contributed by atoms with Crippen LogP contribution in [-0.2, 0) is 20.9 Å². The summed E-state index contributed by atoms with van der Waals surface area (Å²) in [7, 11) is 0. The first-order valence-electron chi connectivity index (χ1n) is 17.2. The zero-order valence-corrected chi connectivity index (χ0v) is 31.2. The van der Waals surface area contributed by atoms with Crippen molar-refractivity contribution in [2.45, 2.75) is 61.4 Å². The van der Waals surface area contributed by atoms with E-state index in [1.165, 1.54) is 34.1 Å². The summed E-state index contributed by atoms with van der Waals surface area (Å²) in [4.78, 5) is 46.9. The van der Waals surface area contributed by atoms with Crippen molar-refractivity contribution in [1.82, 2.24) is 20.5 Å². The third kappa shape index (κ3) is 8.00. The molecule has 0 aliphatic carbocycles. The summed E-state index contributed by atoms with van der Waals surface area (Å²) in [5.41, 5.74) is 6.10. The number of rotatable bonds is 12. The molecule has 0 bridgehead atoms. The number of benzene rings is 4. The average Bonchev–Trinajstić information content (AvgIpc) is 3.77. The number of nitrogens with zero attached hydrogens (tertiary/aromatic N) is 2. The van der Waals surface area contributed by atoms with Crippen LogP contribution in [0.25, 0.3) is 10.4 Å². The molecule has 0 saturated carbocycles. The van der Waals surface area contributed by atoms with Gasteiger partial charge in [-0.2, -0.15) is 0 Å². The molecule has 12 heteroatoms. The Morgan fingerprint density at radius 1 is 0.943 bits per heavy atom. The average molecular weight is 753 g/mol. The number of carboxylic acid groups (broad SMARTS) is 1. The minimum absolute atomic E-state index is 0.0156. The van der Waals surface area contributed by atoms with E-state index in [1.807, 2.05) is 112 Å². The molecule has 2 heterocycles. The second kappa shape index (κ2) is 15.9. The molecule has 0 radical (unpaired) electrons. The minimum Gasteiger partial charge on any atom is -0.465 e. The Kier molecular flexibility index (Phi) is 11.3. The molecule has 0 unspecified atom stereocenters. The number of hydrogen-bond donors (Lipinski definition) is 4. The molecule has 3 amide bonds. The fraction of sp³-hybridized carbons (Fsp3) is 0.268. The van der Waals surface area contributed by atoms with E-state index in [0.717, 1.165) is 27.3 Å². The predicted octanol–water partition coefficient (Wildman–Crippen LogP) is 6.98. The summed E-state index contributed by atoms with van der Waals surface area (Å²) >= 11 is 2.78. The standard InChI is InChI=1S/C41H41FN4O5S2/c1-26-35(52-25-44-26)32-20-19-27(21-33(32)42)23-43-37(48)34-22-31(47)24-46(34)38(49)36(45-39(50)51)40(2,3)53-41(28-13-7-4-8-14-28,29-15-9-5-10-16-29)30-17-11-6-12-18-30/h4-21,25,31,34,36,45,47H,22-24H2,1-3H3,(H,43,48)(H,50,51)/t31-,34+,36-/m1/s1. The highest BCUT2D eigenvalue weighted by molar-refractivity contribution is 8.02. The van der Waals surface area contributed by atoms with Crippen LogP contribution in [0.2, 0.25) is 0 Å². The van der Waals surface area contributed by atoms with Crippen LogP contribution in [0.4, 0.5) is 9.18 Å². The number of aliphatic hydroxyl groups excluding tert-OH is 1. The molecule has 3 atom stereocenters. The highest BCUT2D eigenvalue weighted by atomic mass is 32.2. The van der Waals surface area contributed by atoms with Gasteiger partial charge in [-0.05, 0) is 49.1 Å². The van der Waals surface area contributed by atoms with E-state index in [2.05, 4.69) is 15.6 Å². The number of aryl methyl sites for hydroxylation is 1. The molecular weight excluding hydrogens is 712 g/mol. The Morgan fingerprint density at radius 2 is 1.51 bits per heavy atom. The predicted molar refractivity (Wildman–Crippen MR) is 206 cm³/mol. The fourth-order valence-electron chi connectivity index (χ4n) is 7.00. The van der Waals surface area contributed by atoms with E-state index in [1.54, 1.807) is 17.6 Å². The summed E-state index contributed by atoms with van der Waals surface area (Å²) in [5, 5.41) is 26.1. The van der Waals surface area contributed by atoms with E-state index < -0.39 is 51.4 Å². The molecule has 1 saturated heterocycles. The molecule has 1 aliphatic rings. The van der Waals surface area contributed by atoms with Crippen LogP contribution in [0, 0.1) is 12.7 Å². The van der Waals surface area contributed by atoms with Crippen molar-refractivity contribution in [3.05, 3.63) is 148 Å². The number of carbonyl (C=O) groups is 3. The number of hydrogen-bond acceptors (Lipinski definition) is 7. The van der Waals surface area contributed by atoms with Crippen molar-refractivity contribution < 1.29 is 29.0 Å². The van der Waals surface area contributed by atoms with Crippen molar-refractivity contribution in [2.75, 3.05) is 6.54 Å². The highest BCUT2D eigenvalue weighted by Gasteiger charge is 2.50. The maximum absolute atomic E-state index is 15.1. The van der Waals surface area contributed by atoms with Gasteiger partial charge in [-0.15, -0.1) is 23.1 Å². The molecule has 1 aromatic heterocycles. The van der Waals surface area contributed by atoms with Crippen molar-refractivity contribution in [3.63, 3.8) is 0 Å². The molecule has 4 aromatic carbocycles.